The number of Topliss-reactive ketones (excluding diaryl/α,β-unsaturated/α-hetero) is 1. The fourth-order valence-corrected chi connectivity index (χ4v) is 3.80. The number of unbranched alkanes of at least 4 members (excludes halogenated alkanes) is 1. The Morgan fingerprint density at radius 3 is 2.54 bits per heavy atom. The summed E-state index contributed by atoms with van der Waals surface area (Å²) >= 11 is 0. The lowest BCUT2D eigenvalue weighted by Gasteiger charge is -2.23. The third-order valence-corrected chi connectivity index (χ3v) is 5.47. The number of fused-ring (bicyclic) bond motifs is 1. The number of para-hydroxylation sites is 1. The van der Waals surface area contributed by atoms with Crippen molar-refractivity contribution in [2.24, 2.45) is 0 Å². The lowest BCUT2D eigenvalue weighted by Crippen LogP contribution is -2.42. The van der Waals surface area contributed by atoms with Gasteiger partial charge in [-0.05, 0) is 56.0 Å². The van der Waals surface area contributed by atoms with Gasteiger partial charge in [-0.2, -0.15) is 5.26 Å². The number of benzene rings is 2. The number of ketones is 1. The normalized spacial score (nSPS) is 18.1. The van der Waals surface area contributed by atoms with Crippen LogP contribution in [0.1, 0.15) is 51.9 Å². The largest absolute Gasteiger partial charge is 0.375 e. The van der Waals surface area contributed by atoms with Crippen LogP contribution in [-0.4, -0.2) is 23.3 Å². The molecule has 1 unspecified atom stereocenters. The van der Waals surface area contributed by atoms with Gasteiger partial charge in [0.1, 0.15) is 0 Å². The van der Waals surface area contributed by atoms with E-state index in [-0.39, 0.29) is 12.2 Å². The number of aliphatic hydroxyl groups is 1. The lowest BCUT2D eigenvalue weighted by molar-refractivity contribution is -0.135. The van der Waals surface area contributed by atoms with Crippen molar-refractivity contribution in [2.75, 3.05) is 11.4 Å². The molecule has 0 saturated heterocycles. The van der Waals surface area contributed by atoms with Gasteiger partial charge < -0.3 is 10.0 Å². The zero-order chi connectivity index (χ0) is 20.5. The van der Waals surface area contributed by atoms with Crippen LogP contribution in [0.2, 0.25) is 0 Å². The fourth-order valence-electron chi connectivity index (χ4n) is 3.80. The Kier molecular flexibility index (Phi) is 5.35. The Morgan fingerprint density at radius 1 is 1.14 bits per heavy atom. The monoisotopic (exact) mass is 376 g/mol. The van der Waals surface area contributed by atoms with E-state index < -0.39 is 11.5 Å². The molecule has 0 bridgehead atoms. The highest BCUT2D eigenvalue weighted by molar-refractivity contribution is 6.11. The van der Waals surface area contributed by atoms with E-state index in [1.54, 1.807) is 24.3 Å². The van der Waals surface area contributed by atoms with Gasteiger partial charge in [-0.15, -0.1) is 0 Å². The highest BCUT2D eigenvalue weighted by Crippen LogP contribution is 2.43. The van der Waals surface area contributed by atoms with Gasteiger partial charge in [0.25, 0.3) is 5.91 Å². The molecule has 0 aromatic heterocycles. The van der Waals surface area contributed by atoms with Crippen LogP contribution in [0.15, 0.2) is 36.4 Å². The van der Waals surface area contributed by atoms with Gasteiger partial charge in [-0.25, -0.2) is 0 Å². The van der Waals surface area contributed by atoms with Crippen LogP contribution >= 0.6 is 0 Å². The molecule has 1 atom stereocenters. The average molecular weight is 376 g/mol. The summed E-state index contributed by atoms with van der Waals surface area (Å²) in [7, 11) is 0. The molecule has 3 rings (SSSR count). The maximum absolute atomic E-state index is 13.1. The van der Waals surface area contributed by atoms with Crippen molar-refractivity contribution in [3.8, 4) is 6.07 Å². The first-order valence-electron chi connectivity index (χ1n) is 9.41. The topological polar surface area (TPSA) is 81.4 Å². The van der Waals surface area contributed by atoms with Gasteiger partial charge in [0.15, 0.2) is 11.4 Å². The molecule has 5 heteroatoms. The maximum atomic E-state index is 13.1. The van der Waals surface area contributed by atoms with E-state index in [1.807, 2.05) is 32.9 Å². The first kappa shape index (κ1) is 19.8. The van der Waals surface area contributed by atoms with E-state index >= 15 is 0 Å². The third-order valence-electron chi connectivity index (χ3n) is 5.47. The molecule has 0 spiro atoms. The minimum atomic E-state index is -1.88. The molecule has 0 radical (unpaired) electrons. The van der Waals surface area contributed by atoms with Gasteiger partial charge in [-0.1, -0.05) is 24.3 Å². The summed E-state index contributed by atoms with van der Waals surface area (Å²) in [5.41, 5.74) is 2.64. The van der Waals surface area contributed by atoms with E-state index in [4.69, 9.17) is 5.26 Å². The minimum absolute atomic E-state index is 0.259. The second-order valence-electron chi connectivity index (χ2n) is 7.45. The molecule has 0 fully saturated rings. The Balaban J connectivity index is 1.95. The van der Waals surface area contributed by atoms with Crippen molar-refractivity contribution in [3.05, 3.63) is 64.2 Å². The SMILES string of the molecule is Cc1cc(C)c(C(=O)CC2(O)C(=O)N(CCCC#N)c3ccccc32)cc1C. The first-order chi connectivity index (χ1) is 13.3. The molecule has 1 N–H and O–H groups in total. The van der Waals surface area contributed by atoms with E-state index in [1.165, 1.54) is 4.90 Å². The number of anilines is 1. The average Bonchev–Trinajstić information content (AvgIpc) is 2.87. The summed E-state index contributed by atoms with van der Waals surface area (Å²) in [6.07, 6.45) is 0.531. The number of nitriles is 1. The zero-order valence-corrected chi connectivity index (χ0v) is 16.5. The molecule has 1 heterocycles. The summed E-state index contributed by atoms with van der Waals surface area (Å²) in [5, 5.41) is 20.1. The van der Waals surface area contributed by atoms with Gasteiger partial charge in [0.2, 0.25) is 0 Å². The second kappa shape index (κ2) is 7.57. The van der Waals surface area contributed by atoms with Crippen molar-refractivity contribution >= 4 is 17.4 Å². The van der Waals surface area contributed by atoms with Crippen LogP contribution in [0.5, 0.6) is 0 Å². The number of hydrogen-bond donors (Lipinski definition) is 1. The Labute approximate surface area is 165 Å². The molecule has 0 aliphatic carbocycles. The van der Waals surface area contributed by atoms with Crippen LogP contribution in [0.25, 0.3) is 0 Å². The highest BCUT2D eigenvalue weighted by Gasteiger charge is 2.50. The smallest absolute Gasteiger partial charge is 0.264 e. The van der Waals surface area contributed by atoms with Gasteiger partial charge >= 0.3 is 0 Å². The van der Waals surface area contributed by atoms with E-state index in [0.29, 0.717) is 36.2 Å². The molecule has 2 aromatic carbocycles. The van der Waals surface area contributed by atoms with Crippen LogP contribution < -0.4 is 4.90 Å². The number of amides is 1. The quantitative estimate of drug-likeness (QED) is 0.615. The van der Waals surface area contributed by atoms with Crippen molar-refractivity contribution in [3.63, 3.8) is 0 Å². The van der Waals surface area contributed by atoms with Crippen molar-refractivity contribution in [2.45, 2.75) is 45.6 Å². The van der Waals surface area contributed by atoms with Crippen LogP contribution in [0, 0.1) is 32.1 Å². The van der Waals surface area contributed by atoms with Crippen molar-refractivity contribution < 1.29 is 14.7 Å². The highest BCUT2D eigenvalue weighted by atomic mass is 16.3. The molecule has 1 aliphatic rings. The molecule has 2 aromatic rings. The molecule has 1 amide bonds. The van der Waals surface area contributed by atoms with E-state index in [9.17, 15) is 14.7 Å². The van der Waals surface area contributed by atoms with E-state index in [0.717, 1.165) is 16.7 Å². The Morgan fingerprint density at radius 2 is 1.82 bits per heavy atom. The Hall–Kier alpha value is -2.97. The molecule has 5 nitrogen and oxygen atoms in total. The van der Waals surface area contributed by atoms with Crippen LogP contribution in [-0.2, 0) is 10.4 Å². The van der Waals surface area contributed by atoms with Crippen molar-refractivity contribution in [1.82, 2.24) is 0 Å². The summed E-state index contributed by atoms with van der Waals surface area (Å²) in [6.45, 7) is 6.12. The molecular weight excluding hydrogens is 352 g/mol. The van der Waals surface area contributed by atoms with E-state index in [2.05, 4.69) is 6.07 Å². The number of carbonyl (C=O) groups is 2. The Bertz CT molecular complexity index is 990. The van der Waals surface area contributed by atoms with Crippen LogP contribution in [0.3, 0.4) is 0 Å². The summed E-state index contributed by atoms with van der Waals surface area (Å²) < 4.78 is 0. The van der Waals surface area contributed by atoms with Crippen LogP contribution in [0.4, 0.5) is 5.69 Å². The summed E-state index contributed by atoms with van der Waals surface area (Å²) in [4.78, 5) is 27.6. The van der Waals surface area contributed by atoms with Gasteiger partial charge in [0, 0.05) is 24.1 Å². The fraction of sp³-hybridized carbons (Fsp3) is 0.348. The summed E-state index contributed by atoms with van der Waals surface area (Å²) in [6, 6.07) is 12.8. The first-order valence-corrected chi connectivity index (χ1v) is 9.41. The molecule has 1 aliphatic heterocycles. The van der Waals surface area contributed by atoms with Crippen molar-refractivity contribution in [1.29, 1.82) is 5.26 Å². The third kappa shape index (κ3) is 3.32. The summed E-state index contributed by atoms with van der Waals surface area (Å²) in [5.74, 6) is -0.758. The number of nitrogens with zero attached hydrogens (tertiary/aromatic N) is 2. The number of hydrogen-bond acceptors (Lipinski definition) is 4. The number of rotatable bonds is 6. The molecule has 0 saturated carbocycles. The van der Waals surface area contributed by atoms with Gasteiger partial charge in [-0.3, -0.25) is 9.59 Å². The van der Waals surface area contributed by atoms with Gasteiger partial charge in [0.05, 0.1) is 18.2 Å². The maximum Gasteiger partial charge on any atom is 0.264 e. The minimum Gasteiger partial charge on any atom is -0.375 e. The second-order valence-corrected chi connectivity index (χ2v) is 7.45. The molecule has 28 heavy (non-hydrogen) atoms. The predicted molar refractivity (Wildman–Crippen MR) is 107 cm³/mol. The molecular formula is C23H24N2O3. The standard InChI is InChI=1S/C23H24N2O3/c1-15-12-17(3)18(13-16(15)2)21(26)14-23(28)19-8-4-5-9-20(19)25(22(23)27)11-7-6-10-24/h4-5,8-9,12-13,28H,6-7,11,14H2,1-3H3. The molecule has 144 valence electrons. The zero-order valence-electron chi connectivity index (χ0n) is 16.5. The number of aryl methyl sites for hydroxylation is 3. The lowest BCUT2D eigenvalue weighted by atomic mass is 9.86. The predicted octanol–water partition coefficient (Wildman–Crippen LogP) is 3.72. The number of carbonyl (C=O) groups excluding carboxylic acids is 2.